The number of carboxylic acids is 1. The van der Waals surface area contributed by atoms with Gasteiger partial charge >= 0.3 is 5.97 Å². The highest BCUT2D eigenvalue weighted by Gasteiger charge is 2.09. The van der Waals surface area contributed by atoms with Crippen LogP contribution in [-0.4, -0.2) is 23.0 Å². The molecule has 1 N–H and O–H groups in total. The SMILES string of the molecule is CN(Cc1ccc(C(=O)O)cc1)Cc1cccc(F)c1Cl. The summed E-state index contributed by atoms with van der Waals surface area (Å²) in [5.74, 6) is -1.37. The Kier molecular flexibility index (Phi) is 4.94. The Labute approximate surface area is 127 Å². The molecule has 21 heavy (non-hydrogen) atoms. The molecule has 110 valence electrons. The van der Waals surface area contributed by atoms with Crippen LogP contribution < -0.4 is 0 Å². The summed E-state index contributed by atoms with van der Waals surface area (Å²) in [5.41, 5.74) is 1.96. The summed E-state index contributed by atoms with van der Waals surface area (Å²) in [7, 11) is 1.90. The van der Waals surface area contributed by atoms with E-state index in [2.05, 4.69) is 0 Å². The molecule has 0 bridgehead atoms. The van der Waals surface area contributed by atoms with Crippen LogP contribution in [0.4, 0.5) is 4.39 Å². The Balaban J connectivity index is 2.02. The van der Waals surface area contributed by atoms with Gasteiger partial charge in [0.1, 0.15) is 5.82 Å². The fourth-order valence-corrected chi connectivity index (χ4v) is 2.27. The maximum Gasteiger partial charge on any atom is 0.335 e. The molecule has 0 fully saturated rings. The quantitative estimate of drug-likeness (QED) is 0.913. The van der Waals surface area contributed by atoms with Crippen LogP contribution in [0.15, 0.2) is 42.5 Å². The lowest BCUT2D eigenvalue weighted by Gasteiger charge is -2.18. The van der Waals surface area contributed by atoms with E-state index in [0.717, 1.165) is 11.1 Å². The molecule has 0 saturated carbocycles. The van der Waals surface area contributed by atoms with E-state index in [9.17, 15) is 9.18 Å². The summed E-state index contributed by atoms with van der Waals surface area (Å²) >= 11 is 5.93. The molecule has 2 aromatic carbocycles. The van der Waals surface area contributed by atoms with E-state index in [4.69, 9.17) is 16.7 Å². The number of carbonyl (C=O) groups is 1. The standard InChI is InChI=1S/C16H15ClFNO2/c1-19(10-13-3-2-4-14(18)15(13)17)9-11-5-7-12(8-6-11)16(20)21/h2-8H,9-10H2,1H3,(H,20,21). The van der Waals surface area contributed by atoms with Crippen LogP contribution in [0, 0.1) is 5.82 Å². The molecule has 2 aromatic rings. The molecule has 3 nitrogen and oxygen atoms in total. The van der Waals surface area contributed by atoms with Crippen molar-refractivity contribution in [3.63, 3.8) is 0 Å². The first-order valence-electron chi connectivity index (χ1n) is 6.41. The van der Waals surface area contributed by atoms with Gasteiger partial charge < -0.3 is 5.11 Å². The Morgan fingerprint density at radius 2 is 1.86 bits per heavy atom. The second-order valence-electron chi connectivity index (χ2n) is 4.89. The van der Waals surface area contributed by atoms with Gasteiger partial charge in [-0.1, -0.05) is 35.9 Å². The highest BCUT2D eigenvalue weighted by Crippen LogP contribution is 2.21. The van der Waals surface area contributed by atoms with E-state index in [1.54, 1.807) is 36.4 Å². The smallest absolute Gasteiger partial charge is 0.335 e. The molecule has 0 aromatic heterocycles. The first-order valence-corrected chi connectivity index (χ1v) is 6.79. The molecule has 0 spiro atoms. The maximum absolute atomic E-state index is 13.4. The molecule has 0 aliphatic heterocycles. The van der Waals surface area contributed by atoms with Gasteiger partial charge in [-0.3, -0.25) is 4.90 Å². The van der Waals surface area contributed by atoms with Crippen molar-refractivity contribution in [1.29, 1.82) is 0 Å². The normalized spacial score (nSPS) is 10.9. The maximum atomic E-state index is 13.4. The lowest BCUT2D eigenvalue weighted by atomic mass is 10.1. The third kappa shape index (κ3) is 4.03. The van der Waals surface area contributed by atoms with Crippen molar-refractivity contribution in [2.45, 2.75) is 13.1 Å². The molecule has 2 rings (SSSR count). The van der Waals surface area contributed by atoms with Gasteiger partial charge in [0.2, 0.25) is 0 Å². The average molecular weight is 308 g/mol. The van der Waals surface area contributed by atoms with Crippen molar-refractivity contribution < 1.29 is 14.3 Å². The number of hydrogen-bond donors (Lipinski definition) is 1. The predicted octanol–water partition coefficient (Wildman–Crippen LogP) is 3.81. The van der Waals surface area contributed by atoms with Crippen molar-refractivity contribution in [3.05, 3.63) is 70.0 Å². The second-order valence-corrected chi connectivity index (χ2v) is 5.27. The summed E-state index contributed by atoms with van der Waals surface area (Å²) in [4.78, 5) is 12.8. The summed E-state index contributed by atoms with van der Waals surface area (Å²) in [6, 6.07) is 11.4. The van der Waals surface area contributed by atoms with E-state index >= 15 is 0 Å². The van der Waals surface area contributed by atoms with Gasteiger partial charge in [-0.05, 0) is 36.4 Å². The third-order valence-corrected chi connectivity index (χ3v) is 3.55. The third-order valence-electron chi connectivity index (χ3n) is 3.13. The van der Waals surface area contributed by atoms with Crippen molar-refractivity contribution in [3.8, 4) is 0 Å². The average Bonchev–Trinajstić information content (AvgIpc) is 2.44. The van der Waals surface area contributed by atoms with Gasteiger partial charge in [0, 0.05) is 13.1 Å². The molecule has 0 heterocycles. The Hall–Kier alpha value is -1.91. The molecular formula is C16H15ClFNO2. The van der Waals surface area contributed by atoms with Crippen LogP contribution in [0.5, 0.6) is 0 Å². The fraction of sp³-hybridized carbons (Fsp3) is 0.188. The predicted molar refractivity (Wildman–Crippen MR) is 80.0 cm³/mol. The highest BCUT2D eigenvalue weighted by molar-refractivity contribution is 6.31. The first-order chi connectivity index (χ1) is 9.97. The van der Waals surface area contributed by atoms with Gasteiger partial charge in [-0.25, -0.2) is 9.18 Å². The number of halogens is 2. The fourth-order valence-electron chi connectivity index (χ4n) is 2.08. The number of rotatable bonds is 5. The zero-order chi connectivity index (χ0) is 15.4. The summed E-state index contributed by atoms with van der Waals surface area (Å²) in [5, 5.41) is 8.99. The highest BCUT2D eigenvalue weighted by atomic mass is 35.5. The molecule has 0 radical (unpaired) electrons. The molecule has 0 atom stereocenters. The molecule has 5 heteroatoms. The van der Waals surface area contributed by atoms with Crippen LogP contribution in [0.25, 0.3) is 0 Å². The number of nitrogens with zero attached hydrogens (tertiary/aromatic N) is 1. The molecule has 0 aliphatic carbocycles. The van der Waals surface area contributed by atoms with E-state index in [1.807, 2.05) is 11.9 Å². The summed E-state index contributed by atoms with van der Waals surface area (Å²) in [6.45, 7) is 1.13. The number of benzene rings is 2. The van der Waals surface area contributed by atoms with Gasteiger partial charge in [0.15, 0.2) is 0 Å². The van der Waals surface area contributed by atoms with Crippen molar-refractivity contribution >= 4 is 17.6 Å². The van der Waals surface area contributed by atoms with Gasteiger partial charge in [-0.2, -0.15) is 0 Å². The zero-order valence-corrected chi connectivity index (χ0v) is 12.3. The van der Waals surface area contributed by atoms with E-state index in [0.29, 0.717) is 13.1 Å². The van der Waals surface area contributed by atoms with Gasteiger partial charge in [0.25, 0.3) is 0 Å². The van der Waals surface area contributed by atoms with Crippen LogP contribution >= 0.6 is 11.6 Å². The van der Waals surface area contributed by atoms with Crippen molar-refractivity contribution in [2.75, 3.05) is 7.05 Å². The summed E-state index contributed by atoms with van der Waals surface area (Å²) < 4.78 is 13.4. The van der Waals surface area contributed by atoms with E-state index in [1.165, 1.54) is 6.07 Å². The topological polar surface area (TPSA) is 40.5 Å². The number of carboxylic acid groups (broad SMARTS) is 1. The molecule has 0 aliphatic rings. The van der Waals surface area contributed by atoms with Crippen molar-refractivity contribution in [1.82, 2.24) is 4.90 Å². The Bertz CT molecular complexity index is 643. The van der Waals surface area contributed by atoms with Crippen molar-refractivity contribution in [2.24, 2.45) is 0 Å². The largest absolute Gasteiger partial charge is 0.478 e. The first kappa shape index (κ1) is 15.5. The van der Waals surface area contributed by atoms with Crippen LogP contribution in [0.3, 0.4) is 0 Å². The van der Waals surface area contributed by atoms with E-state index in [-0.39, 0.29) is 10.6 Å². The lowest BCUT2D eigenvalue weighted by molar-refractivity contribution is 0.0697. The number of aromatic carboxylic acids is 1. The second kappa shape index (κ2) is 6.70. The molecule has 0 unspecified atom stereocenters. The van der Waals surface area contributed by atoms with Crippen LogP contribution in [0.1, 0.15) is 21.5 Å². The van der Waals surface area contributed by atoms with Crippen LogP contribution in [-0.2, 0) is 13.1 Å². The number of hydrogen-bond acceptors (Lipinski definition) is 2. The monoisotopic (exact) mass is 307 g/mol. The molecule has 0 amide bonds. The Morgan fingerprint density at radius 1 is 1.19 bits per heavy atom. The van der Waals surface area contributed by atoms with Gasteiger partial charge in [0.05, 0.1) is 10.6 Å². The van der Waals surface area contributed by atoms with E-state index < -0.39 is 11.8 Å². The minimum atomic E-state index is -0.943. The minimum Gasteiger partial charge on any atom is -0.478 e. The minimum absolute atomic E-state index is 0.144. The van der Waals surface area contributed by atoms with Gasteiger partial charge in [-0.15, -0.1) is 0 Å². The summed E-state index contributed by atoms with van der Waals surface area (Å²) in [6.07, 6.45) is 0. The lowest BCUT2D eigenvalue weighted by Crippen LogP contribution is -2.17. The molecular weight excluding hydrogens is 293 g/mol. The Morgan fingerprint density at radius 3 is 2.48 bits per heavy atom. The molecule has 0 saturated heterocycles. The van der Waals surface area contributed by atoms with Crippen LogP contribution in [0.2, 0.25) is 5.02 Å². The zero-order valence-electron chi connectivity index (χ0n) is 11.5.